The zero-order chi connectivity index (χ0) is 18.6. The highest BCUT2D eigenvalue weighted by Crippen LogP contribution is 2.19. The molecule has 1 aromatic carbocycles. The summed E-state index contributed by atoms with van der Waals surface area (Å²) in [6.45, 7) is 10.0. The van der Waals surface area contributed by atoms with Gasteiger partial charge in [-0.25, -0.2) is 4.79 Å². The van der Waals surface area contributed by atoms with Crippen LogP contribution in [0.3, 0.4) is 0 Å². The standard InChI is InChI=1S/C19H28N2O4/c1-12(2)17(21-10-13(3)25-14(4)11-21)18(22)20-9-15-5-7-16(8-6-15)19(23)24/h5-8,12-14,17H,9-11H2,1-4H3,(H,20,22)(H,23,24). The summed E-state index contributed by atoms with van der Waals surface area (Å²) in [5.41, 5.74) is 1.12. The first-order valence-electron chi connectivity index (χ1n) is 8.77. The molecule has 1 aliphatic heterocycles. The molecule has 0 saturated carbocycles. The normalized spacial score (nSPS) is 22.6. The lowest BCUT2D eigenvalue weighted by molar-refractivity contribution is -0.135. The van der Waals surface area contributed by atoms with E-state index in [-0.39, 0.29) is 35.6 Å². The van der Waals surface area contributed by atoms with Crippen LogP contribution in [0.5, 0.6) is 0 Å². The fourth-order valence-electron chi connectivity index (χ4n) is 3.39. The van der Waals surface area contributed by atoms with Crippen LogP contribution in [0, 0.1) is 5.92 Å². The average molecular weight is 348 g/mol. The monoisotopic (exact) mass is 348 g/mol. The fourth-order valence-corrected chi connectivity index (χ4v) is 3.39. The average Bonchev–Trinajstić information content (AvgIpc) is 2.52. The number of aromatic carboxylic acids is 1. The Hall–Kier alpha value is -1.92. The summed E-state index contributed by atoms with van der Waals surface area (Å²) < 4.78 is 5.76. The van der Waals surface area contributed by atoms with Crippen molar-refractivity contribution in [3.63, 3.8) is 0 Å². The minimum absolute atomic E-state index is 0.00129. The van der Waals surface area contributed by atoms with Crippen molar-refractivity contribution in [2.45, 2.75) is 52.5 Å². The third kappa shape index (κ3) is 5.28. The second-order valence-electron chi connectivity index (χ2n) is 7.12. The van der Waals surface area contributed by atoms with E-state index in [0.29, 0.717) is 6.54 Å². The molecule has 138 valence electrons. The molecule has 1 aliphatic rings. The van der Waals surface area contributed by atoms with Crippen molar-refractivity contribution in [1.82, 2.24) is 10.2 Å². The first-order valence-corrected chi connectivity index (χ1v) is 8.77. The van der Waals surface area contributed by atoms with Crippen LogP contribution in [0.4, 0.5) is 0 Å². The molecule has 0 bridgehead atoms. The summed E-state index contributed by atoms with van der Waals surface area (Å²) in [5, 5.41) is 11.9. The first-order chi connectivity index (χ1) is 11.8. The summed E-state index contributed by atoms with van der Waals surface area (Å²) in [7, 11) is 0. The summed E-state index contributed by atoms with van der Waals surface area (Å²) in [5.74, 6) is -0.767. The van der Waals surface area contributed by atoms with Gasteiger partial charge in [-0.15, -0.1) is 0 Å². The molecular formula is C19H28N2O4. The first kappa shape index (κ1) is 19.4. The van der Waals surface area contributed by atoms with Gasteiger partial charge < -0.3 is 15.2 Å². The number of carbonyl (C=O) groups excluding carboxylic acids is 1. The molecular weight excluding hydrogens is 320 g/mol. The largest absolute Gasteiger partial charge is 0.478 e. The van der Waals surface area contributed by atoms with E-state index in [2.05, 4.69) is 24.1 Å². The van der Waals surface area contributed by atoms with Crippen molar-refractivity contribution in [3.05, 3.63) is 35.4 Å². The van der Waals surface area contributed by atoms with E-state index in [9.17, 15) is 9.59 Å². The maximum absolute atomic E-state index is 12.8. The number of hydrogen-bond acceptors (Lipinski definition) is 4. The van der Waals surface area contributed by atoms with Crippen LogP contribution < -0.4 is 5.32 Å². The van der Waals surface area contributed by atoms with Crippen LogP contribution in [0.15, 0.2) is 24.3 Å². The van der Waals surface area contributed by atoms with E-state index in [1.54, 1.807) is 24.3 Å². The van der Waals surface area contributed by atoms with Gasteiger partial charge in [-0.05, 0) is 37.5 Å². The van der Waals surface area contributed by atoms with Crippen molar-refractivity contribution in [1.29, 1.82) is 0 Å². The van der Waals surface area contributed by atoms with Crippen LogP contribution in [0.25, 0.3) is 0 Å². The molecule has 2 rings (SSSR count). The third-order valence-corrected chi connectivity index (χ3v) is 4.41. The molecule has 3 atom stereocenters. The predicted molar refractivity (Wildman–Crippen MR) is 95.5 cm³/mol. The number of rotatable bonds is 6. The fraction of sp³-hybridized carbons (Fsp3) is 0.579. The third-order valence-electron chi connectivity index (χ3n) is 4.41. The van der Waals surface area contributed by atoms with Crippen molar-refractivity contribution in [2.24, 2.45) is 5.92 Å². The van der Waals surface area contributed by atoms with Gasteiger partial charge in [0.15, 0.2) is 0 Å². The second kappa shape index (κ2) is 8.45. The second-order valence-corrected chi connectivity index (χ2v) is 7.12. The molecule has 6 nitrogen and oxygen atoms in total. The van der Waals surface area contributed by atoms with Gasteiger partial charge in [0, 0.05) is 19.6 Å². The number of carboxylic acid groups (broad SMARTS) is 1. The molecule has 25 heavy (non-hydrogen) atoms. The molecule has 0 spiro atoms. The number of amides is 1. The predicted octanol–water partition coefficient (Wildman–Crippen LogP) is 2.13. The molecule has 0 aromatic heterocycles. The van der Waals surface area contributed by atoms with Crippen molar-refractivity contribution >= 4 is 11.9 Å². The minimum Gasteiger partial charge on any atom is -0.478 e. The van der Waals surface area contributed by atoms with E-state index in [1.165, 1.54) is 0 Å². The maximum atomic E-state index is 12.8. The Bertz CT molecular complexity index is 590. The SMILES string of the molecule is CC1CN(C(C(=O)NCc2ccc(C(=O)O)cc2)C(C)C)CC(C)O1. The van der Waals surface area contributed by atoms with Crippen LogP contribution in [0.2, 0.25) is 0 Å². The maximum Gasteiger partial charge on any atom is 0.335 e. The van der Waals surface area contributed by atoms with Gasteiger partial charge in [0.25, 0.3) is 0 Å². The Labute approximate surface area is 149 Å². The Balaban J connectivity index is 1.99. The number of hydrogen-bond donors (Lipinski definition) is 2. The summed E-state index contributed by atoms with van der Waals surface area (Å²) in [4.78, 5) is 25.8. The molecule has 2 N–H and O–H groups in total. The van der Waals surface area contributed by atoms with Crippen LogP contribution in [-0.2, 0) is 16.1 Å². The Morgan fingerprint density at radius 2 is 1.76 bits per heavy atom. The lowest BCUT2D eigenvalue weighted by Gasteiger charge is -2.41. The Morgan fingerprint density at radius 3 is 2.24 bits per heavy atom. The van der Waals surface area contributed by atoms with E-state index < -0.39 is 5.97 Å². The van der Waals surface area contributed by atoms with Gasteiger partial charge in [0.05, 0.1) is 23.8 Å². The number of nitrogens with one attached hydrogen (secondary N) is 1. The van der Waals surface area contributed by atoms with Crippen molar-refractivity contribution < 1.29 is 19.4 Å². The lowest BCUT2D eigenvalue weighted by atomic mass is 9.99. The van der Waals surface area contributed by atoms with E-state index in [4.69, 9.17) is 9.84 Å². The van der Waals surface area contributed by atoms with Crippen LogP contribution in [0.1, 0.15) is 43.6 Å². The summed E-state index contributed by atoms with van der Waals surface area (Å²) in [6.07, 6.45) is 0.225. The molecule has 1 saturated heterocycles. The van der Waals surface area contributed by atoms with Crippen molar-refractivity contribution in [3.8, 4) is 0 Å². The van der Waals surface area contributed by atoms with Gasteiger partial charge in [-0.3, -0.25) is 9.69 Å². The number of carbonyl (C=O) groups is 2. The van der Waals surface area contributed by atoms with Crippen molar-refractivity contribution in [2.75, 3.05) is 13.1 Å². The van der Waals surface area contributed by atoms with E-state index in [1.807, 2.05) is 13.8 Å². The highest BCUT2D eigenvalue weighted by Gasteiger charge is 2.33. The quantitative estimate of drug-likeness (QED) is 0.823. The highest BCUT2D eigenvalue weighted by atomic mass is 16.5. The van der Waals surface area contributed by atoms with Gasteiger partial charge >= 0.3 is 5.97 Å². The highest BCUT2D eigenvalue weighted by molar-refractivity contribution is 5.87. The molecule has 1 fully saturated rings. The van der Waals surface area contributed by atoms with E-state index >= 15 is 0 Å². The number of carboxylic acids is 1. The Morgan fingerprint density at radius 1 is 1.20 bits per heavy atom. The molecule has 1 aromatic rings. The summed E-state index contributed by atoms with van der Waals surface area (Å²) >= 11 is 0. The summed E-state index contributed by atoms with van der Waals surface area (Å²) in [6, 6.07) is 6.36. The minimum atomic E-state index is -0.953. The van der Waals surface area contributed by atoms with Crippen LogP contribution >= 0.6 is 0 Å². The van der Waals surface area contributed by atoms with Crippen LogP contribution in [-0.4, -0.2) is 53.2 Å². The zero-order valence-corrected chi connectivity index (χ0v) is 15.4. The number of ether oxygens (including phenoxy) is 1. The smallest absolute Gasteiger partial charge is 0.335 e. The zero-order valence-electron chi connectivity index (χ0n) is 15.4. The Kier molecular flexibility index (Phi) is 6.56. The molecule has 6 heteroatoms. The number of nitrogens with zero attached hydrogens (tertiary/aromatic N) is 1. The lowest BCUT2D eigenvalue weighted by Crippen LogP contribution is -2.56. The molecule has 0 aliphatic carbocycles. The topological polar surface area (TPSA) is 78.9 Å². The van der Waals surface area contributed by atoms with Gasteiger partial charge in [-0.1, -0.05) is 26.0 Å². The van der Waals surface area contributed by atoms with Gasteiger partial charge in [-0.2, -0.15) is 0 Å². The van der Waals surface area contributed by atoms with E-state index in [0.717, 1.165) is 18.7 Å². The van der Waals surface area contributed by atoms with Gasteiger partial charge in [0.2, 0.25) is 5.91 Å². The molecule has 1 amide bonds. The molecule has 1 heterocycles. The molecule has 3 unspecified atom stereocenters. The molecule has 0 radical (unpaired) electrons. The van der Waals surface area contributed by atoms with Gasteiger partial charge in [0.1, 0.15) is 0 Å². The number of morpholine rings is 1. The number of benzene rings is 1.